The van der Waals surface area contributed by atoms with Gasteiger partial charge in [-0.15, -0.1) is 0 Å². The van der Waals surface area contributed by atoms with Crippen LogP contribution < -0.4 is 0 Å². The Kier molecular flexibility index (Phi) is 12.7. The molecule has 2 N–H and O–H groups in total. The molecule has 0 aromatic carbocycles. The van der Waals surface area contributed by atoms with Gasteiger partial charge in [-0.1, -0.05) is 55.4 Å². The number of nitrogens with zero attached hydrogens (tertiary/aromatic N) is 2. The number of rotatable bonds is 8. The molecule has 0 unspecified atom stereocenters. The second kappa shape index (κ2) is 15.7. The molecule has 2 aliphatic rings. The van der Waals surface area contributed by atoms with Gasteiger partial charge in [0.1, 0.15) is 0 Å². The minimum Gasteiger partial charge on any atom is -0.418 e. The van der Waals surface area contributed by atoms with Crippen molar-refractivity contribution in [3.05, 3.63) is 69.3 Å². The van der Waals surface area contributed by atoms with Gasteiger partial charge in [0.25, 0.3) is 0 Å². The van der Waals surface area contributed by atoms with Crippen molar-refractivity contribution in [2.45, 2.75) is 107 Å². The SMILES string of the molecule is CCC1=C(CC)c2nc1cc1ccc(cc3[nH]c(c(CC)c4nc(c2CC)C(CC)=C4CC)c(CC)c3CC)[nH]1.F[B-](F)(F)F.[Mn]. The zero-order valence-corrected chi connectivity index (χ0v) is 29.5. The van der Waals surface area contributed by atoms with E-state index in [1.165, 1.54) is 67.0 Å². The Morgan fingerprint density at radius 2 is 0.957 bits per heavy atom. The first-order valence-corrected chi connectivity index (χ1v) is 16.6. The number of hydrogen-bond acceptors (Lipinski definition) is 2. The van der Waals surface area contributed by atoms with E-state index in [1.54, 1.807) is 0 Å². The summed E-state index contributed by atoms with van der Waals surface area (Å²) in [7, 11) is -6.00. The standard InChI is InChI=1S/C36H46N4.BF4.Mn/c1-9-23-25(11-3)33-29(15-7)35-27(13-5)28(14-6)36(40-35)30(16-8)34-26(12-4)24(10-2)32(39-34)20-22-18-17-21(37-22)19-31(23)38-33;2-1(3,4)5;/h17-20,37-38H,9-16H2,1-8H3;;/q;-1;. The van der Waals surface area contributed by atoms with Gasteiger partial charge in [0.2, 0.25) is 0 Å². The van der Waals surface area contributed by atoms with E-state index < -0.39 is 7.25 Å². The van der Waals surface area contributed by atoms with Crippen LogP contribution in [0.4, 0.5) is 17.3 Å². The van der Waals surface area contributed by atoms with Crippen molar-refractivity contribution < 1.29 is 34.3 Å². The van der Waals surface area contributed by atoms with Crippen molar-refractivity contribution >= 4 is 51.6 Å². The molecule has 2 aliphatic heterocycles. The van der Waals surface area contributed by atoms with Crippen LogP contribution in [0, 0.1) is 0 Å². The van der Waals surface area contributed by atoms with E-state index in [-0.39, 0.29) is 17.1 Å². The van der Waals surface area contributed by atoms with Gasteiger partial charge >= 0.3 is 7.25 Å². The molecule has 1 radical (unpaired) electrons. The van der Waals surface area contributed by atoms with Crippen molar-refractivity contribution in [2.75, 3.05) is 0 Å². The Balaban J connectivity index is 0.000000892. The Bertz CT molecular complexity index is 1790. The zero-order valence-electron chi connectivity index (χ0n) is 28.3. The summed E-state index contributed by atoms with van der Waals surface area (Å²) in [5.74, 6) is 0. The Morgan fingerprint density at radius 3 is 1.43 bits per heavy atom. The third kappa shape index (κ3) is 7.39. The van der Waals surface area contributed by atoms with Crippen LogP contribution in [0.5, 0.6) is 0 Å². The predicted molar refractivity (Wildman–Crippen MR) is 183 cm³/mol. The first-order chi connectivity index (χ1) is 21.5. The van der Waals surface area contributed by atoms with Crippen LogP contribution in [0.15, 0.2) is 24.3 Å². The van der Waals surface area contributed by atoms with E-state index in [2.05, 4.69) is 89.6 Å². The number of nitrogens with one attached hydrogen (secondary N) is 2. The number of aromatic nitrogens is 4. The van der Waals surface area contributed by atoms with E-state index in [0.717, 1.165) is 73.8 Å². The molecule has 5 heterocycles. The van der Waals surface area contributed by atoms with Gasteiger partial charge in [0.05, 0.1) is 22.8 Å². The molecule has 5 rings (SSSR count). The number of fused-ring (bicyclic) bond motifs is 8. The largest absolute Gasteiger partial charge is 0.673 e. The quantitative estimate of drug-likeness (QED) is 0.184. The van der Waals surface area contributed by atoms with Gasteiger partial charge in [-0.05, 0) is 109 Å². The van der Waals surface area contributed by atoms with Crippen LogP contribution in [0.1, 0.15) is 126 Å². The van der Waals surface area contributed by atoms with Crippen molar-refractivity contribution in [3.8, 4) is 0 Å². The van der Waals surface area contributed by atoms with E-state index in [1.807, 2.05) is 0 Å². The van der Waals surface area contributed by atoms with E-state index in [9.17, 15) is 17.3 Å². The molecule has 0 saturated carbocycles. The number of H-pyrrole nitrogens is 2. The topological polar surface area (TPSA) is 57.4 Å². The summed E-state index contributed by atoms with van der Waals surface area (Å²) in [4.78, 5) is 18.5. The van der Waals surface area contributed by atoms with Crippen LogP contribution in [0.3, 0.4) is 0 Å². The van der Waals surface area contributed by atoms with Crippen LogP contribution in [-0.2, 0) is 42.8 Å². The minimum absolute atomic E-state index is 0. The molecule has 46 heavy (non-hydrogen) atoms. The van der Waals surface area contributed by atoms with Crippen LogP contribution >= 0.6 is 0 Å². The summed E-state index contributed by atoms with van der Waals surface area (Å²) in [6.45, 7) is 18.2. The van der Waals surface area contributed by atoms with Gasteiger partial charge in [-0.25, -0.2) is 9.97 Å². The van der Waals surface area contributed by atoms with Crippen LogP contribution in [-0.4, -0.2) is 27.2 Å². The first-order valence-electron chi connectivity index (χ1n) is 16.6. The second-order valence-electron chi connectivity index (χ2n) is 11.4. The summed E-state index contributed by atoms with van der Waals surface area (Å²) in [5.41, 5.74) is 20.3. The van der Waals surface area contributed by atoms with Crippen LogP contribution in [0.2, 0.25) is 0 Å². The smallest absolute Gasteiger partial charge is 0.418 e. The molecular formula is C36H46BF4MnN4-. The summed E-state index contributed by atoms with van der Waals surface area (Å²) >= 11 is 0. The maximum absolute atomic E-state index is 9.75. The average molecular weight is 677 g/mol. The number of aromatic amines is 2. The molecule has 0 spiro atoms. The van der Waals surface area contributed by atoms with Gasteiger partial charge < -0.3 is 27.2 Å². The van der Waals surface area contributed by atoms with E-state index in [0.29, 0.717) is 0 Å². The van der Waals surface area contributed by atoms with E-state index in [4.69, 9.17) is 9.97 Å². The fourth-order valence-corrected chi connectivity index (χ4v) is 7.07. The zero-order chi connectivity index (χ0) is 33.1. The number of hydrogen-bond donors (Lipinski definition) is 2. The van der Waals surface area contributed by atoms with Crippen molar-refractivity contribution in [1.29, 1.82) is 0 Å². The van der Waals surface area contributed by atoms with Gasteiger partial charge in [0, 0.05) is 50.3 Å². The fourth-order valence-electron chi connectivity index (χ4n) is 7.07. The van der Waals surface area contributed by atoms with Crippen LogP contribution in [0.25, 0.3) is 44.4 Å². The molecule has 4 nitrogen and oxygen atoms in total. The van der Waals surface area contributed by atoms with Crippen molar-refractivity contribution in [1.82, 2.24) is 19.9 Å². The fraction of sp³-hybridized carbons (Fsp3) is 0.444. The maximum atomic E-state index is 9.75. The Labute approximate surface area is 281 Å². The number of aryl methyl sites for hydroxylation is 3. The Hall–Kier alpha value is -3.10. The van der Waals surface area contributed by atoms with E-state index >= 15 is 0 Å². The van der Waals surface area contributed by atoms with Gasteiger partial charge in [0.15, 0.2) is 0 Å². The molecule has 8 bridgehead atoms. The molecule has 10 heteroatoms. The molecule has 3 aromatic rings. The molecule has 0 amide bonds. The Morgan fingerprint density at radius 1 is 0.522 bits per heavy atom. The minimum atomic E-state index is -6.00. The van der Waals surface area contributed by atoms with Crippen molar-refractivity contribution in [2.24, 2.45) is 0 Å². The molecule has 0 saturated heterocycles. The maximum Gasteiger partial charge on any atom is 0.673 e. The monoisotopic (exact) mass is 676 g/mol. The normalized spacial score (nSPS) is 13.1. The van der Waals surface area contributed by atoms with Crippen molar-refractivity contribution in [3.63, 3.8) is 0 Å². The second-order valence-corrected chi connectivity index (χ2v) is 11.4. The average Bonchev–Trinajstić information content (AvgIpc) is 3.76. The molecule has 0 fully saturated rings. The molecular weight excluding hydrogens is 630 g/mol. The summed E-state index contributed by atoms with van der Waals surface area (Å²) in [6, 6.07) is 8.89. The first kappa shape index (κ1) is 37.4. The van der Waals surface area contributed by atoms with Gasteiger partial charge in [-0.3, -0.25) is 0 Å². The summed E-state index contributed by atoms with van der Waals surface area (Å²) < 4.78 is 39.0. The summed E-state index contributed by atoms with van der Waals surface area (Å²) in [6.07, 6.45) is 7.74. The molecule has 0 atom stereocenters. The third-order valence-corrected chi connectivity index (χ3v) is 8.91. The van der Waals surface area contributed by atoms with Gasteiger partial charge in [-0.2, -0.15) is 0 Å². The summed E-state index contributed by atoms with van der Waals surface area (Å²) in [5, 5.41) is 0. The molecule has 0 aliphatic carbocycles. The number of allylic oxidation sites excluding steroid dienone is 4. The third-order valence-electron chi connectivity index (χ3n) is 8.91. The number of halogens is 4. The molecule has 3 aromatic heterocycles. The molecule has 249 valence electrons. The predicted octanol–water partition coefficient (Wildman–Crippen LogP) is 11.3.